The number of ether oxygens (including phenoxy) is 1. The minimum atomic E-state index is 0.0585. The SMILES string of the molecule is O=C(CCC1CCCO1)Nc1ccccc1N1CCC(CO)CC1. The van der Waals surface area contributed by atoms with E-state index in [0.717, 1.165) is 63.2 Å². The predicted molar refractivity (Wildman–Crippen MR) is 95.3 cm³/mol. The molecule has 0 saturated carbocycles. The van der Waals surface area contributed by atoms with E-state index < -0.39 is 0 Å². The van der Waals surface area contributed by atoms with Gasteiger partial charge in [0.15, 0.2) is 0 Å². The van der Waals surface area contributed by atoms with Gasteiger partial charge in [-0.15, -0.1) is 0 Å². The molecule has 1 unspecified atom stereocenters. The van der Waals surface area contributed by atoms with Crippen molar-refractivity contribution in [2.24, 2.45) is 5.92 Å². The Morgan fingerprint density at radius 3 is 2.75 bits per heavy atom. The van der Waals surface area contributed by atoms with E-state index in [4.69, 9.17) is 4.74 Å². The van der Waals surface area contributed by atoms with E-state index in [0.29, 0.717) is 12.3 Å². The van der Waals surface area contributed by atoms with Crippen molar-refractivity contribution in [2.75, 3.05) is 36.5 Å². The molecule has 132 valence electrons. The number of nitrogens with zero attached hydrogens (tertiary/aromatic N) is 1. The molecule has 2 fully saturated rings. The Kier molecular flexibility index (Phi) is 6.10. The molecule has 2 aliphatic heterocycles. The molecule has 2 heterocycles. The summed E-state index contributed by atoms with van der Waals surface area (Å²) >= 11 is 0. The van der Waals surface area contributed by atoms with Crippen LogP contribution in [0.15, 0.2) is 24.3 Å². The summed E-state index contributed by atoms with van der Waals surface area (Å²) in [7, 11) is 0. The number of benzene rings is 1. The fraction of sp³-hybridized carbons (Fsp3) is 0.632. The molecule has 0 radical (unpaired) electrons. The first kappa shape index (κ1) is 17.2. The Morgan fingerprint density at radius 2 is 2.04 bits per heavy atom. The molecule has 5 nitrogen and oxygen atoms in total. The fourth-order valence-corrected chi connectivity index (χ4v) is 3.59. The van der Waals surface area contributed by atoms with E-state index in [2.05, 4.69) is 16.3 Å². The number of nitrogens with one attached hydrogen (secondary N) is 1. The lowest BCUT2D eigenvalue weighted by molar-refractivity contribution is -0.116. The Balaban J connectivity index is 1.56. The number of rotatable bonds is 6. The third-order valence-corrected chi connectivity index (χ3v) is 5.11. The van der Waals surface area contributed by atoms with Crippen LogP contribution in [-0.2, 0) is 9.53 Å². The zero-order valence-electron chi connectivity index (χ0n) is 14.2. The average Bonchev–Trinajstić information content (AvgIpc) is 3.14. The first-order valence-electron chi connectivity index (χ1n) is 9.12. The summed E-state index contributed by atoms with van der Waals surface area (Å²) in [4.78, 5) is 14.6. The van der Waals surface area contributed by atoms with E-state index in [-0.39, 0.29) is 18.6 Å². The normalized spacial score (nSPS) is 21.9. The Morgan fingerprint density at radius 1 is 1.25 bits per heavy atom. The molecule has 0 bridgehead atoms. The fourth-order valence-electron chi connectivity index (χ4n) is 3.59. The molecule has 5 heteroatoms. The van der Waals surface area contributed by atoms with Gasteiger partial charge in [0.2, 0.25) is 5.91 Å². The standard InChI is InChI=1S/C19H28N2O3/c22-14-15-9-11-21(12-10-15)18-6-2-1-5-17(18)20-19(23)8-7-16-4-3-13-24-16/h1-2,5-6,15-16,22H,3-4,7-14H2,(H,20,23). The van der Waals surface area contributed by atoms with Crippen molar-refractivity contribution in [3.8, 4) is 0 Å². The van der Waals surface area contributed by atoms with Gasteiger partial charge in [-0.05, 0) is 50.2 Å². The van der Waals surface area contributed by atoms with Crippen LogP contribution < -0.4 is 10.2 Å². The van der Waals surface area contributed by atoms with Crippen LogP contribution in [0.25, 0.3) is 0 Å². The number of anilines is 2. The quantitative estimate of drug-likeness (QED) is 0.841. The maximum atomic E-state index is 12.3. The Labute approximate surface area is 144 Å². The Hall–Kier alpha value is -1.59. The largest absolute Gasteiger partial charge is 0.396 e. The second-order valence-electron chi connectivity index (χ2n) is 6.85. The number of hydrogen-bond acceptors (Lipinski definition) is 4. The maximum absolute atomic E-state index is 12.3. The van der Waals surface area contributed by atoms with Gasteiger partial charge >= 0.3 is 0 Å². The molecule has 0 aromatic heterocycles. The van der Waals surface area contributed by atoms with Gasteiger partial charge in [-0.3, -0.25) is 4.79 Å². The van der Waals surface area contributed by atoms with Crippen molar-refractivity contribution < 1.29 is 14.6 Å². The minimum absolute atomic E-state index is 0.0585. The van der Waals surface area contributed by atoms with Crippen LogP contribution in [0.1, 0.15) is 38.5 Å². The van der Waals surface area contributed by atoms with Gasteiger partial charge in [-0.1, -0.05) is 12.1 Å². The lowest BCUT2D eigenvalue weighted by atomic mass is 9.97. The number of aliphatic hydroxyl groups excluding tert-OH is 1. The van der Waals surface area contributed by atoms with E-state index in [9.17, 15) is 9.90 Å². The van der Waals surface area contributed by atoms with Crippen LogP contribution in [0.3, 0.4) is 0 Å². The van der Waals surface area contributed by atoms with Crippen LogP contribution >= 0.6 is 0 Å². The molecule has 0 aliphatic carbocycles. The highest BCUT2D eigenvalue weighted by Gasteiger charge is 2.21. The monoisotopic (exact) mass is 332 g/mol. The topological polar surface area (TPSA) is 61.8 Å². The van der Waals surface area contributed by atoms with Gasteiger partial charge < -0.3 is 20.1 Å². The van der Waals surface area contributed by atoms with Gasteiger partial charge in [-0.25, -0.2) is 0 Å². The summed E-state index contributed by atoms with van der Waals surface area (Å²) < 4.78 is 5.58. The van der Waals surface area contributed by atoms with Crippen molar-refractivity contribution in [1.29, 1.82) is 0 Å². The van der Waals surface area contributed by atoms with E-state index in [1.807, 2.05) is 18.2 Å². The van der Waals surface area contributed by atoms with Crippen molar-refractivity contribution in [3.63, 3.8) is 0 Å². The number of carbonyl (C=O) groups excluding carboxylic acids is 1. The maximum Gasteiger partial charge on any atom is 0.224 e. The smallest absolute Gasteiger partial charge is 0.224 e. The molecule has 3 rings (SSSR count). The van der Waals surface area contributed by atoms with Gasteiger partial charge in [0.05, 0.1) is 17.5 Å². The summed E-state index contributed by atoms with van der Waals surface area (Å²) in [6, 6.07) is 8.00. The number of para-hydroxylation sites is 2. The highest BCUT2D eigenvalue weighted by atomic mass is 16.5. The van der Waals surface area contributed by atoms with Gasteiger partial charge in [-0.2, -0.15) is 0 Å². The third kappa shape index (κ3) is 4.48. The second kappa shape index (κ2) is 8.49. The molecule has 2 saturated heterocycles. The van der Waals surface area contributed by atoms with Crippen LogP contribution in [-0.4, -0.2) is 43.4 Å². The molecular formula is C19H28N2O3. The zero-order chi connectivity index (χ0) is 16.8. The molecule has 1 aromatic carbocycles. The van der Waals surface area contributed by atoms with Crippen LogP contribution in [0.2, 0.25) is 0 Å². The summed E-state index contributed by atoms with van der Waals surface area (Å²) in [6.45, 7) is 2.95. The van der Waals surface area contributed by atoms with Crippen molar-refractivity contribution in [2.45, 2.75) is 44.6 Å². The molecular weight excluding hydrogens is 304 g/mol. The molecule has 1 amide bonds. The number of carbonyl (C=O) groups is 1. The van der Waals surface area contributed by atoms with Gasteiger partial charge in [0.1, 0.15) is 0 Å². The van der Waals surface area contributed by atoms with Gasteiger partial charge in [0.25, 0.3) is 0 Å². The van der Waals surface area contributed by atoms with Crippen molar-refractivity contribution in [1.82, 2.24) is 0 Å². The zero-order valence-corrected chi connectivity index (χ0v) is 14.2. The molecule has 24 heavy (non-hydrogen) atoms. The summed E-state index contributed by atoms with van der Waals surface area (Å²) in [5, 5.41) is 12.4. The number of hydrogen-bond donors (Lipinski definition) is 2. The molecule has 1 atom stereocenters. The lowest BCUT2D eigenvalue weighted by Gasteiger charge is -2.34. The summed E-state index contributed by atoms with van der Waals surface area (Å²) in [6.07, 6.45) is 5.74. The van der Waals surface area contributed by atoms with E-state index in [1.54, 1.807) is 0 Å². The third-order valence-electron chi connectivity index (χ3n) is 5.11. The van der Waals surface area contributed by atoms with Crippen LogP contribution in [0.5, 0.6) is 0 Å². The van der Waals surface area contributed by atoms with Crippen LogP contribution in [0.4, 0.5) is 11.4 Å². The Bertz CT molecular complexity index is 535. The number of piperidine rings is 1. The number of amides is 1. The first-order valence-corrected chi connectivity index (χ1v) is 9.12. The average molecular weight is 332 g/mol. The van der Waals surface area contributed by atoms with Crippen molar-refractivity contribution in [3.05, 3.63) is 24.3 Å². The molecule has 2 N–H and O–H groups in total. The lowest BCUT2D eigenvalue weighted by Crippen LogP contribution is -2.35. The molecule has 1 aromatic rings. The van der Waals surface area contributed by atoms with Gasteiger partial charge in [0, 0.05) is 32.7 Å². The summed E-state index contributed by atoms with van der Waals surface area (Å²) in [5.41, 5.74) is 1.97. The molecule has 0 spiro atoms. The highest BCUT2D eigenvalue weighted by molar-refractivity contribution is 5.94. The van der Waals surface area contributed by atoms with Crippen molar-refractivity contribution >= 4 is 17.3 Å². The second-order valence-corrected chi connectivity index (χ2v) is 6.85. The molecule has 2 aliphatic rings. The van der Waals surface area contributed by atoms with Crippen LogP contribution in [0, 0.1) is 5.92 Å². The predicted octanol–water partition coefficient (Wildman–Crippen LogP) is 2.79. The van der Waals surface area contributed by atoms with E-state index in [1.165, 1.54) is 0 Å². The number of aliphatic hydroxyl groups is 1. The highest BCUT2D eigenvalue weighted by Crippen LogP contribution is 2.30. The minimum Gasteiger partial charge on any atom is -0.396 e. The van der Waals surface area contributed by atoms with E-state index >= 15 is 0 Å². The first-order chi connectivity index (χ1) is 11.8. The summed E-state index contributed by atoms with van der Waals surface area (Å²) in [5.74, 6) is 0.470.